The second-order valence-electron chi connectivity index (χ2n) is 4.97. The van der Waals surface area contributed by atoms with E-state index in [0.29, 0.717) is 11.5 Å². The fourth-order valence-electron chi connectivity index (χ4n) is 1.87. The Labute approximate surface area is 152 Å². The predicted octanol–water partition coefficient (Wildman–Crippen LogP) is 4.01. The van der Waals surface area contributed by atoms with Crippen LogP contribution in [0.5, 0.6) is 5.75 Å². The second kappa shape index (κ2) is 7.20. The smallest absolute Gasteiger partial charge is 0.451 e. The van der Waals surface area contributed by atoms with Crippen molar-refractivity contribution in [3.63, 3.8) is 0 Å². The van der Waals surface area contributed by atoms with E-state index < -0.39 is 23.9 Å². The van der Waals surface area contributed by atoms with Crippen LogP contribution in [-0.4, -0.2) is 21.1 Å². The van der Waals surface area contributed by atoms with E-state index in [0.717, 1.165) is 4.47 Å². The van der Waals surface area contributed by atoms with E-state index in [2.05, 4.69) is 31.3 Å². The minimum Gasteiger partial charge on any atom is -0.486 e. The number of carbonyl (C=O) groups is 1. The van der Waals surface area contributed by atoms with Gasteiger partial charge in [0.1, 0.15) is 18.1 Å². The van der Waals surface area contributed by atoms with Crippen molar-refractivity contribution in [3.8, 4) is 5.75 Å². The summed E-state index contributed by atoms with van der Waals surface area (Å²) in [5.41, 5.74) is 0. The standard InChI is InChI=1S/C15H10BrF3N4O3/c16-8-1-3-9(4-2-8)25-7-10-5-6-11(26-10)12(24)20-14-21-13(22-23-14)15(17,18)19/h1-6H,7H2,(H2,20,21,22,23,24). The molecular formula is C15H10BrF3N4O3. The number of nitrogens with one attached hydrogen (secondary N) is 2. The van der Waals surface area contributed by atoms with Crippen LogP contribution in [0.2, 0.25) is 0 Å². The first kappa shape index (κ1) is 18.0. The van der Waals surface area contributed by atoms with E-state index in [1.54, 1.807) is 17.2 Å². The molecule has 0 aliphatic carbocycles. The Kier molecular flexibility index (Phi) is 4.98. The number of H-pyrrole nitrogens is 1. The van der Waals surface area contributed by atoms with Gasteiger partial charge in [-0.05, 0) is 36.4 Å². The molecule has 11 heteroatoms. The number of aromatic amines is 1. The number of ether oxygens (including phenoxy) is 1. The van der Waals surface area contributed by atoms with Gasteiger partial charge in [-0.1, -0.05) is 15.9 Å². The van der Waals surface area contributed by atoms with Crippen LogP contribution in [-0.2, 0) is 12.8 Å². The zero-order chi connectivity index (χ0) is 18.7. The van der Waals surface area contributed by atoms with Gasteiger partial charge >= 0.3 is 6.18 Å². The summed E-state index contributed by atoms with van der Waals surface area (Å²) in [5.74, 6) is -1.74. The lowest BCUT2D eigenvalue weighted by molar-refractivity contribution is -0.144. The van der Waals surface area contributed by atoms with E-state index in [9.17, 15) is 18.0 Å². The number of halogens is 4. The van der Waals surface area contributed by atoms with Crippen molar-refractivity contribution < 1.29 is 27.1 Å². The number of hydrogen-bond acceptors (Lipinski definition) is 5. The maximum atomic E-state index is 12.4. The van der Waals surface area contributed by atoms with Gasteiger partial charge in [-0.2, -0.15) is 18.2 Å². The summed E-state index contributed by atoms with van der Waals surface area (Å²) in [6, 6.07) is 10.0. The fourth-order valence-corrected chi connectivity index (χ4v) is 2.13. The van der Waals surface area contributed by atoms with Crippen molar-refractivity contribution in [2.24, 2.45) is 0 Å². The number of furan rings is 1. The molecule has 0 aliphatic rings. The van der Waals surface area contributed by atoms with Crippen LogP contribution < -0.4 is 10.1 Å². The molecule has 0 fully saturated rings. The predicted molar refractivity (Wildman–Crippen MR) is 86.5 cm³/mol. The highest BCUT2D eigenvalue weighted by Gasteiger charge is 2.35. The highest BCUT2D eigenvalue weighted by Crippen LogP contribution is 2.26. The molecule has 0 unspecified atom stereocenters. The summed E-state index contributed by atoms with van der Waals surface area (Å²) < 4.78 is 49.0. The van der Waals surface area contributed by atoms with Gasteiger partial charge in [-0.3, -0.25) is 15.2 Å². The highest BCUT2D eigenvalue weighted by atomic mass is 79.9. The van der Waals surface area contributed by atoms with Crippen LogP contribution >= 0.6 is 15.9 Å². The maximum Gasteiger partial charge on any atom is 0.451 e. The normalized spacial score (nSPS) is 11.4. The molecule has 0 aliphatic heterocycles. The number of alkyl halides is 3. The monoisotopic (exact) mass is 430 g/mol. The average molecular weight is 431 g/mol. The quantitative estimate of drug-likeness (QED) is 0.637. The van der Waals surface area contributed by atoms with Gasteiger partial charge in [0, 0.05) is 4.47 Å². The first-order valence-electron chi connectivity index (χ1n) is 7.09. The van der Waals surface area contributed by atoms with Crippen molar-refractivity contribution in [1.82, 2.24) is 15.2 Å². The first-order chi connectivity index (χ1) is 12.3. The third-order valence-electron chi connectivity index (χ3n) is 3.06. The molecule has 0 radical (unpaired) electrons. The van der Waals surface area contributed by atoms with E-state index in [4.69, 9.17) is 9.15 Å². The first-order valence-corrected chi connectivity index (χ1v) is 7.88. The van der Waals surface area contributed by atoms with Crippen molar-refractivity contribution in [2.45, 2.75) is 12.8 Å². The minimum absolute atomic E-state index is 0.0772. The SMILES string of the molecule is O=C(Nc1n[nH]c(C(F)(F)F)n1)c1ccc(COc2ccc(Br)cc2)o1. The summed E-state index contributed by atoms with van der Waals surface area (Å²) in [6.07, 6.45) is -4.68. The fraction of sp³-hybridized carbons (Fsp3) is 0.133. The van der Waals surface area contributed by atoms with Crippen LogP contribution in [0.3, 0.4) is 0 Å². The summed E-state index contributed by atoms with van der Waals surface area (Å²) in [4.78, 5) is 15.1. The molecule has 2 heterocycles. The van der Waals surface area contributed by atoms with Crippen molar-refractivity contribution >= 4 is 27.8 Å². The summed E-state index contributed by atoms with van der Waals surface area (Å²) in [5, 5.41) is 7.09. The number of benzene rings is 1. The van der Waals surface area contributed by atoms with Gasteiger partial charge in [0.25, 0.3) is 5.91 Å². The number of hydrogen-bond donors (Lipinski definition) is 2. The van der Waals surface area contributed by atoms with Crippen LogP contribution in [0.25, 0.3) is 0 Å². The van der Waals surface area contributed by atoms with Gasteiger partial charge in [-0.15, -0.1) is 5.10 Å². The second-order valence-corrected chi connectivity index (χ2v) is 5.88. The van der Waals surface area contributed by atoms with Gasteiger partial charge in [0.2, 0.25) is 11.8 Å². The average Bonchev–Trinajstić information content (AvgIpc) is 3.23. The van der Waals surface area contributed by atoms with E-state index in [1.165, 1.54) is 12.1 Å². The Morgan fingerprint density at radius 1 is 1.23 bits per heavy atom. The van der Waals surface area contributed by atoms with Crippen molar-refractivity contribution in [1.29, 1.82) is 0 Å². The van der Waals surface area contributed by atoms with Crippen LogP contribution in [0.15, 0.2) is 45.3 Å². The molecule has 0 saturated heterocycles. The molecule has 7 nitrogen and oxygen atoms in total. The molecule has 2 aromatic heterocycles. The summed E-state index contributed by atoms with van der Waals surface area (Å²) in [7, 11) is 0. The molecule has 3 rings (SSSR count). The Morgan fingerprint density at radius 3 is 2.62 bits per heavy atom. The zero-order valence-electron chi connectivity index (χ0n) is 12.8. The Bertz CT molecular complexity index is 906. The lowest BCUT2D eigenvalue weighted by atomic mass is 10.3. The Morgan fingerprint density at radius 2 is 1.96 bits per heavy atom. The number of amides is 1. The summed E-state index contributed by atoms with van der Waals surface area (Å²) >= 11 is 3.31. The Balaban J connectivity index is 1.59. The minimum atomic E-state index is -4.68. The molecule has 26 heavy (non-hydrogen) atoms. The summed E-state index contributed by atoms with van der Waals surface area (Å²) in [6.45, 7) is 0.0772. The number of anilines is 1. The van der Waals surface area contributed by atoms with Crippen LogP contribution in [0, 0.1) is 0 Å². The Hall–Kier alpha value is -2.82. The molecular weight excluding hydrogens is 421 g/mol. The van der Waals surface area contributed by atoms with Gasteiger partial charge < -0.3 is 9.15 Å². The third kappa shape index (κ3) is 4.42. The molecule has 2 N–H and O–H groups in total. The largest absolute Gasteiger partial charge is 0.486 e. The molecule has 136 valence electrons. The van der Waals surface area contributed by atoms with E-state index in [1.807, 2.05) is 12.1 Å². The number of aromatic nitrogens is 3. The van der Waals surface area contributed by atoms with Gasteiger partial charge in [-0.25, -0.2) is 0 Å². The van der Waals surface area contributed by atoms with E-state index in [-0.39, 0.29) is 12.4 Å². The number of nitrogens with zero attached hydrogens (tertiary/aromatic N) is 2. The topological polar surface area (TPSA) is 93.0 Å². The van der Waals surface area contributed by atoms with Crippen molar-refractivity contribution in [3.05, 3.63) is 58.2 Å². The molecule has 0 bridgehead atoms. The third-order valence-corrected chi connectivity index (χ3v) is 3.59. The van der Waals surface area contributed by atoms with Crippen molar-refractivity contribution in [2.75, 3.05) is 5.32 Å². The zero-order valence-corrected chi connectivity index (χ0v) is 14.4. The molecule has 3 aromatic rings. The van der Waals surface area contributed by atoms with Gasteiger partial charge in [0.05, 0.1) is 0 Å². The number of rotatable bonds is 5. The molecule has 1 amide bonds. The highest BCUT2D eigenvalue weighted by molar-refractivity contribution is 9.10. The lowest BCUT2D eigenvalue weighted by Crippen LogP contribution is -2.12. The molecule has 1 aromatic carbocycles. The maximum absolute atomic E-state index is 12.4. The van der Waals surface area contributed by atoms with Gasteiger partial charge in [0.15, 0.2) is 5.76 Å². The molecule has 0 spiro atoms. The number of carbonyl (C=O) groups excluding carboxylic acids is 1. The van der Waals surface area contributed by atoms with E-state index >= 15 is 0 Å². The van der Waals surface area contributed by atoms with Crippen LogP contribution in [0.4, 0.5) is 19.1 Å². The molecule has 0 saturated carbocycles. The molecule has 0 atom stereocenters. The lowest BCUT2D eigenvalue weighted by Gasteiger charge is -2.04. The van der Waals surface area contributed by atoms with Crippen LogP contribution in [0.1, 0.15) is 22.1 Å².